The Morgan fingerprint density at radius 3 is 2.25 bits per heavy atom. The molecule has 0 spiro atoms. The van der Waals surface area contributed by atoms with E-state index in [-0.39, 0.29) is 5.91 Å². The number of hydrazone groups is 1. The summed E-state index contributed by atoms with van der Waals surface area (Å²) in [4.78, 5) is 16.7. The highest BCUT2D eigenvalue weighted by atomic mass is 35.5. The number of nitrogens with zero attached hydrogens (tertiary/aromatic N) is 3. The quantitative estimate of drug-likeness (QED) is 0.575. The highest BCUT2D eigenvalue weighted by molar-refractivity contribution is 6.34. The lowest BCUT2D eigenvalue weighted by atomic mass is 10.1. The fourth-order valence-electron chi connectivity index (χ4n) is 3.17. The second-order valence-corrected chi connectivity index (χ2v) is 7.67. The molecule has 2 aromatic rings. The molecule has 1 aliphatic heterocycles. The zero-order valence-electron chi connectivity index (χ0n) is 15.9. The zero-order chi connectivity index (χ0) is 19.9. The predicted molar refractivity (Wildman–Crippen MR) is 115 cm³/mol. The number of amides is 1. The maximum atomic E-state index is 12.2. The van der Waals surface area contributed by atoms with E-state index >= 15 is 0 Å². The molecule has 0 saturated carbocycles. The van der Waals surface area contributed by atoms with Crippen LogP contribution in [0.5, 0.6) is 0 Å². The summed E-state index contributed by atoms with van der Waals surface area (Å²) in [5.41, 5.74) is 5.27. The van der Waals surface area contributed by atoms with Crippen LogP contribution < -0.4 is 5.43 Å². The van der Waals surface area contributed by atoms with Crippen LogP contribution in [0.4, 0.5) is 0 Å². The number of rotatable bonds is 6. The highest BCUT2D eigenvalue weighted by Crippen LogP contribution is 2.18. The molecule has 3 rings (SSSR count). The highest BCUT2D eigenvalue weighted by Gasteiger charge is 2.19. The molecule has 0 aromatic heterocycles. The summed E-state index contributed by atoms with van der Waals surface area (Å²) in [6.07, 6.45) is 0. The van der Waals surface area contributed by atoms with Crippen LogP contribution in [0.3, 0.4) is 0 Å². The molecule has 2 aromatic carbocycles. The second-order valence-electron chi connectivity index (χ2n) is 6.86. The van der Waals surface area contributed by atoms with Crippen molar-refractivity contribution in [3.05, 3.63) is 69.7 Å². The molecule has 1 aliphatic rings. The number of hydrogen-bond donors (Lipinski definition) is 1. The van der Waals surface area contributed by atoms with Crippen LogP contribution >= 0.6 is 23.2 Å². The van der Waals surface area contributed by atoms with Gasteiger partial charge in [-0.15, -0.1) is 0 Å². The number of piperazine rings is 1. The Bertz CT molecular complexity index is 848. The number of carbonyl (C=O) groups is 1. The maximum absolute atomic E-state index is 12.2. The van der Waals surface area contributed by atoms with Crippen LogP contribution in [-0.4, -0.2) is 54.1 Å². The van der Waals surface area contributed by atoms with Crippen molar-refractivity contribution >= 4 is 34.8 Å². The van der Waals surface area contributed by atoms with Crippen molar-refractivity contribution < 1.29 is 4.79 Å². The van der Waals surface area contributed by atoms with E-state index in [0.717, 1.165) is 48.9 Å². The minimum Gasteiger partial charge on any atom is -0.296 e. The number of hydrogen-bond acceptors (Lipinski definition) is 4. The van der Waals surface area contributed by atoms with Gasteiger partial charge in [0.15, 0.2) is 0 Å². The normalized spacial score (nSPS) is 16.2. The van der Waals surface area contributed by atoms with Crippen molar-refractivity contribution in [2.24, 2.45) is 5.10 Å². The largest absolute Gasteiger partial charge is 0.296 e. The van der Waals surface area contributed by atoms with E-state index in [0.29, 0.717) is 17.3 Å². The van der Waals surface area contributed by atoms with Gasteiger partial charge in [-0.2, -0.15) is 5.10 Å². The first-order valence-electron chi connectivity index (χ1n) is 9.29. The molecule has 1 N–H and O–H groups in total. The van der Waals surface area contributed by atoms with Gasteiger partial charge in [0.25, 0.3) is 5.91 Å². The Morgan fingerprint density at radius 2 is 1.57 bits per heavy atom. The Kier molecular flexibility index (Phi) is 7.45. The molecule has 0 atom stereocenters. The molecule has 0 unspecified atom stereocenters. The molecular formula is C21H24Cl2N4O. The van der Waals surface area contributed by atoms with E-state index in [1.165, 1.54) is 0 Å². The smallest absolute Gasteiger partial charge is 0.254 e. The van der Waals surface area contributed by atoms with Gasteiger partial charge in [-0.3, -0.25) is 14.6 Å². The van der Waals surface area contributed by atoms with Crippen molar-refractivity contribution in [2.45, 2.75) is 13.5 Å². The van der Waals surface area contributed by atoms with E-state index in [1.54, 1.807) is 6.07 Å². The minimum absolute atomic E-state index is 0.119. The average molecular weight is 419 g/mol. The van der Waals surface area contributed by atoms with Crippen LogP contribution in [0.15, 0.2) is 53.6 Å². The first-order valence-corrected chi connectivity index (χ1v) is 10.0. The summed E-state index contributed by atoms with van der Waals surface area (Å²) >= 11 is 12.4. The number of nitrogens with one attached hydrogen (secondary N) is 1. The summed E-state index contributed by atoms with van der Waals surface area (Å²) in [5.74, 6) is -0.119. The summed E-state index contributed by atoms with van der Waals surface area (Å²) < 4.78 is 0. The Hall–Kier alpha value is -1.92. The van der Waals surface area contributed by atoms with Crippen LogP contribution in [0.1, 0.15) is 18.1 Å². The van der Waals surface area contributed by atoms with E-state index < -0.39 is 0 Å². The van der Waals surface area contributed by atoms with Gasteiger partial charge in [-0.25, -0.2) is 5.43 Å². The van der Waals surface area contributed by atoms with Gasteiger partial charge < -0.3 is 0 Å². The van der Waals surface area contributed by atoms with Gasteiger partial charge in [0.2, 0.25) is 0 Å². The minimum atomic E-state index is -0.119. The monoisotopic (exact) mass is 418 g/mol. The molecule has 1 fully saturated rings. The number of benzene rings is 2. The van der Waals surface area contributed by atoms with Crippen LogP contribution in [0.2, 0.25) is 10.0 Å². The van der Waals surface area contributed by atoms with E-state index in [1.807, 2.05) is 43.3 Å². The molecule has 1 saturated heterocycles. The molecule has 0 radical (unpaired) electrons. The van der Waals surface area contributed by atoms with E-state index in [2.05, 4.69) is 26.4 Å². The van der Waals surface area contributed by atoms with Crippen molar-refractivity contribution in [2.75, 3.05) is 32.7 Å². The van der Waals surface area contributed by atoms with E-state index in [4.69, 9.17) is 23.2 Å². The van der Waals surface area contributed by atoms with Crippen LogP contribution in [0.25, 0.3) is 0 Å². The van der Waals surface area contributed by atoms with Crippen molar-refractivity contribution in [1.82, 2.24) is 15.2 Å². The summed E-state index contributed by atoms with van der Waals surface area (Å²) in [5, 5.41) is 5.60. The molecule has 28 heavy (non-hydrogen) atoms. The fourth-order valence-corrected chi connectivity index (χ4v) is 3.64. The van der Waals surface area contributed by atoms with Gasteiger partial charge in [0, 0.05) is 48.3 Å². The van der Waals surface area contributed by atoms with Crippen molar-refractivity contribution in [3.63, 3.8) is 0 Å². The molecule has 0 aliphatic carbocycles. The Morgan fingerprint density at radius 1 is 0.964 bits per heavy atom. The lowest BCUT2D eigenvalue weighted by molar-refractivity contribution is -0.122. The molecule has 1 amide bonds. The third kappa shape index (κ3) is 5.79. The third-order valence-electron chi connectivity index (χ3n) is 4.80. The van der Waals surface area contributed by atoms with Crippen LogP contribution in [-0.2, 0) is 11.3 Å². The molecule has 7 heteroatoms. The van der Waals surface area contributed by atoms with Gasteiger partial charge >= 0.3 is 0 Å². The van der Waals surface area contributed by atoms with Gasteiger partial charge in [0.05, 0.1) is 12.3 Å². The molecule has 148 valence electrons. The van der Waals surface area contributed by atoms with Crippen molar-refractivity contribution in [1.29, 1.82) is 0 Å². The third-order valence-corrected chi connectivity index (χ3v) is 5.49. The van der Waals surface area contributed by atoms with E-state index in [9.17, 15) is 4.79 Å². The first-order chi connectivity index (χ1) is 13.5. The summed E-state index contributed by atoms with van der Waals surface area (Å²) in [6.45, 7) is 6.48. The standard InChI is InChI=1S/C21H24Cl2N4O/c1-16(18-7-3-5-9-20(18)23)24-25-21(28)15-27-12-10-26(11-13-27)14-17-6-2-4-8-19(17)22/h2-9H,10-15H2,1H3,(H,25,28)/b24-16+. The molecule has 5 nitrogen and oxygen atoms in total. The summed E-state index contributed by atoms with van der Waals surface area (Å²) in [7, 11) is 0. The Balaban J connectivity index is 1.44. The van der Waals surface area contributed by atoms with Crippen LogP contribution in [0, 0.1) is 0 Å². The van der Waals surface area contributed by atoms with Gasteiger partial charge in [-0.05, 0) is 24.6 Å². The summed E-state index contributed by atoms with van der Waals surface area (Å²) in [6, 6.07) is 15.4. The lowest BCUT2D eigenvalue weighted by Crippen LogP contribution is -2.48. The number of halogens is 2. The lowest BCUT2D eigenvalue weighted by Gasteiger charge is -2.34. The van der Waals surface area contributed by atoms with Crippen molar-refractivity contribution in [3.8, 4) is 0 Å². The molecular weight excluding hydrogens is 395 g/mol. The Labute approximate surface area is 175 Å². The fraction of sp³-hybridized carbons (Fsp3) is 0.333. The van der Waals surface area contributed by atoms with Gasteiger partial charge in [-0.1, -0.05) is 59.6 Å². The topological polar surface area (TPSA) is 47.9 Å². The maximum Gasteiger partial charge on any atom is 0.254 e. The molecule has 1 heterocycles. The SMILES string of the molecule is C/C(=N\NC(=O)CN1CCN(Cc2ccccc2Cl)CC1)c1ccccc1Cl. The second kappa shape index (κ2) is 10.0. The molecule has 0 bridgehead atoms. The number of carbonyl (C=O) groups excluding carboxylic acids is 1. The average Bonchev–Trinajstić information content (AvgIpc) is 2.70. The van der Waals surface area contributed by atoms with Gasteiger partial charge in [0.1, 0.15) is 0 Å². The predicted octanol–water partition coefficient (Wildman–Crippen LogP) is 3.65. The first kappa shape index (κ1) is 20.8. The zero-order valence-corrected chi connectivity index (χ0v) is 17.4.